The molecule has 0 aliphatic heterocycles. The normalized spacial score (nSPS) is 21.6. The second kappa shape index (κ2) is 4.79. The Bertz CT molecular complexity index is 439. The zero-order valence-corrected chi connectivity index (χ0v) is 10.6. The molecule has 0 bridgehead atoms. The van der Waals surface area contributed by atoms with E-state index in [1.54, 1.807) is 6.07 Å². The van der Waals surface area contributed by atoms with Crippen molar-refractivity contribution in [1.29, 1.82) is 0 Å². The average Bonchev–Trinajstić information content (AvgIpc) is 2.39. The fraction of sp³-hybridized carbons (Fsp3) is 0.375. The molecule has 1 aliphatic carbocycles. The second-order valence-corrected chi connectivity index (χ2v) is 4.72. The molecule has 1 nitrogen and oxygen atoms in total. The van der Waals surface area contributed by atoms with E-state index in [9.17, 15) is 5.11 Å². The van der Waals surface area contributed by atoms with Gasteiger partial charge < -0.3 is 5.11 Å². The lowest BCUT2D eigenvalue weighted by molar-refractivity contribution is 0.305. The van der Waals surface area contributed by atoms with Crippen molar-refractivity contribution < 1.29 is 5.11 Å². The van der Waals surface area contributed by atoms with Crippen molar-refractivity contribution >= 4 is 0 Å². The highest BCUT2D eigenvalue weighted by Crippen LogP contribution is 2.47. The summed E-state index contributed by atoms with van der Waals surface area (Å²) in [6.07, 6.45) is 10.9. The first-order valence-corrected chi connectivity index (χ1v) is 6.37. The molecule has 1 aliphatic rings. The molecule has 2 rings (SSSR count). The Hall–Kier alpha value is -1.50. The van der Waals surface area contributed by atoms with Crippen LogP contribution in [0.2, 0.25) is 0 Å². The van der Waals surface area contributed by atoms with Crippen LogP contribution in [0, 0.1) is 5.41 Å². The molecule has 0 saturated heterocycles. The van der Waals surface area contributed by atoms with Crippen molar-refractivity contribution in [2.24, 2.45) is 5.41 Å². The van der Waals surface area contributed by atoms with Crippen LogP contribution in [0.1, 0.15) is 38.2 Å². The van der Waals surface area contributed by atoms with Crippen molar-refractivity contribution in [3.8, 4) is 5.75 Å². The van der Waals surface area contributed by atoms with E-state index in [-0.39, 0.29) is 11.3 Å². The molecule has 0 amide bonds. The molecule has 1 heteroatoms. The second-order valence-electron chi connectivity index (χ2n) is 4.72. The van der Waals surface area contributed by atoms with Gasteiger partial charge in [0.2, 0.25) is 0 Å². The quantitative estimate of drug-likeness (QED) is 0.812. The summed E-state index contributed by atoms with van der Waals surface area (Å²) in [5, 5.41) is 10.0. The first-order chi connectivity index (χ1) is 8.23. The lowest BCUT2D eigenvalue weighted by Crippen LogP contribution is -2.26. The number of allylic oxidation sites excluding steroid dienone is 4. The Morgan fingerprint density at radius 2 is 1.82 bits per heavy atom. The predicted octanol–water partition coefficient (Wildman–Crippen LogP) is 4.41. The van der Waals surface area contributed by atoms with E-state index in [0.29, 0.717) is 5.75 Å². The molecular weight excluding hydrogens is 208 g/mol. The fourth-order valence-electron chi connectivity index (χ4n) is 2.81. The maximum Gasteiger partial charge on any atom is 0.119 e. The number of phenols is 1. The van der Waals surface area contributed by atoms with Crippen LogP contribution in [0.3, 0.4) is 0 Å². The van der Waals surface area contributed by atoms with Gasteiger partial charge in [-0.2, -0.15) is 0 Å². The monoisotopic (exact) mass is 228 g/mol. The van der Waals surface area contributed by atoms with Crippen LogP contribution >= 0.6 is 0 Å². The molecule has 0 radical (unpaired) electrons. The summed E-state index contributed by atoms with van der Waals surface area (Å²) in [6.45, 7) is 4.44. The van der Waals surface area contributed by atoms with Crippen molar-refractivity contribution in [2.45, 2.75) is 32.6 Å². The number of benzene rings is 1. The number of phenolic OH excluding ortho intramolecular Hbond substituents is 1. The number of rotatable bonds is 3. The third kappa shape index (κ3) is 2.02. The van der Waals surface area contributed by atoms with Crippen molar-refractivity contribution in [1.82, 2.24) is 0 Å². The van der Waals surface area contributed by atoms with Crippen LogP contribution in [0.15, 0.2) is 48.6 Å². The van der Waals surface area contributed by atoms with E-state index in [2.05, 4.69) is 38.2 Å². The Labute approximate surface area is 103 Å². The summed E-state index contributed by atoms with van der Waals surface area (Å²) in [6, 6.07) is 7.68. The van der Waals surface area contributed by atoms with E-state index in [1.165, 1.54) is 0 Å². The van der Waals surface area contributed by atoms with Gasteiger partial charge in [0.05, 0.1) is 0 Å². The Kier molecular flexibility index (Phi) is 3.37. The molecule has 17 heavy (non-hydrogen) atoms. The first-order valence-electron chi connectivity index (χ1n) is 6.37. The fourth-order valence-corrected chi connectivity index (χ4v) is 2.81. The zero-order valence-electron chi connectivity index (χ0n) is 10.6. The molecule has 1 aromatic rings. The molecule has 0 spiro atoms. The van der Waals surface area contributed by atoms with Crippen molar-refractivity contribution in [3.63, 3.8) is 0 Å². The first kappa shape index (κ1) is 12.0. The van der Waals surface area contributed by atoms with E-state index in [1.807, 2.05) is 18.2 Å². The van der Waals surface area contributed by atoms with Gasteiger partial charge in [0, 0.05) is 11.5 Å². The molecule has 0 fully saturated rings. The SMILES string of the molecule is CCC1(CC)C=CC=CC1c1ccccc1O. The van der Waals surface area contributed by atoms with Gasteiger partial charge in [0.25, 0.3) is 0 Å². The zero-order chi connectivity index (χ0) is 12.3. The van der Waals surface area contributed by atoms with Crippen LogP contribution in [0.25, 0.3) is 0 Å². The highest BCUT2D eigenvalue weighted by molar-refractivity contribution is 5.42. The molecule has 1 unspecified atom stereocenters. The summed E-state index contributed by atoms with van der Waals surface area (Å²) in [7, 11) is 0. The molecule has 1 atom stereocenters. The lowest BCUT2D eigenvalue weighted by Gasteiger charge is -2.37. The van der Waals surface area contributed by atoms with E-state index in [4.69, 9.17) is 0 Å². The van der Waals surface area contributed by atoms with Crippen molar-refractivity contribution in [3.05, 3.63) is 54.1 Å². The smallest absolute Gasteiger partial charge is 0.119 e. The summed E-state index contributed by atoms with van der Waals surface area (Å²) < 4.78 is 0. The van der Waals surface area contributed by atoms with E-state index < -0.39 is 0 Å². The maximum atomic E-state index is 10.0. The summed E-state index contributed by atoms with van der Waals surface area (Å²) in [4.78, 5) is 0. The molecule has 0 saturated carbocycles. The van der Waals surface area contributed by atoms with Crippen LogP contribution in [0.4, 0.5) is 0 Å². The summed E-state index contributed by atoms with van der Waals surface area (Å²) in [5.41, 5.74) is 1.19. The highest BCUT2D eigenvalue weighted by Gasteiger charge is 2.34. The molecule has 1 aromatic carbocycles. The number of hydrogen-bond acceptors (Lipinski definition) is 1. The van der Waals surface area contributed by atoms with Crippen LogP contribution in [-0.4, -0.2) is 5.11 Å². The van der Waals surface area contributed by atoms with Gasteiger partial charge in [-0.25, -0.2) is 0 Å². The summed E-state index contributed by atoms with van der Waals surface area (Å²) in [5.74, 6) is 0.687. The number of aromatic hydroxyl groups is 1. The van der Waals surface area contributed by atoms with E-state index >= 15 is 0 Å². The minimum absolute atomic E-state index is 0.146. The predicted molar refractivity (Wildman–Crippen MR) is 72.1 cm³/mol. The molecular formula is C16H20O. The average molecular weight is 228 g/mol. The highest BCUT2D eigenvalue weighted by atomic mass is 16.3. The van der Waals surface area contributed by atoms with Gasteiger partial charge in [0.15, 0.2) is 0 Å². The topological polar surface area (TPSA) is 20.2 Å². The Morgan fingerprint density at radius 1 is 1.12 bits per heavy atom. The standard InChI is InChI=1S/C16H20O/c1-3-16(4-2)12-8-7-10-14(16)13-9-5-6-11-15(13)17/h5-12,14,17H,3-4H2,1-2H3. The molecule has 0 aromatic heterocycles. The minimum atomic E-state index is 0.146. The van der Waals surface area contributed by atoms with Gasteiger partial charge in [0.1, 0.15) is 5.75 Å². The third-order valence-electron chi connectivity index (χ3n) is 4.05. The Balaban J connectivity index is 2.46. The van der Waals surface area contributed by atoms with Crippen LogP contribution in [-0.2, 0) is 0 Å². The number of hydrogen-bond donors (Lipinski definition) is 1. The Morgan fingerprint density at radius 3 is 2.47 bits per heavy atom. The van der Waals surface area contributed by atoms with Gasteiger partial charge in [-0.05, 0) is 24.3 Å². The molecule has 1 N–H and O–H groups in total. The van der Waals surface area contributed by atoms with Crippen LogP contribution in [0.5, 0.6) is 5.75 Å². The maximum absolute atomic E-state index is 10.0. The largest absolute Gasteiger partial charge is 0.508 e. The van der Waals surface area contributed by atoms with Gasteiger partial charge in [-0.15, -0.1) is 0 Å². The summed E-state index contributed by atoms with van der Waals surface area (Å²) >= 11 is 0. The lowest BCUT2D eigenvalue weighted by atomic mass is 9.66. The molecule has 90 valence electrons. The van der Waals surface area contributed by atoms with Gasteiger partial charge >= 0.3 is 0 Å². The van der Waals surface area contributed by atoms with Crippen LogP contribution < -0.4 is 0 Å². The van der Waals surface area contributed by atoms with Gasteiger partial charge in [-0.3, -0.25) is 0 Å². The third-order valence-corrected chi connectivity index (χ3v) is 4.05. The van der Waals surface area contributed by atoms with Crippen molar-refractivity contribution in [2.75, 3.05) is 0 Å². The number of para-hydroxylation sites is 1. The molecule has 0 heterocycles. The van der Waals surface area contributed by atoms with Gasteiger partial charge in [-0.1, -0.05) is 56.4 Å². The van der Waals surface area contributed by atoms with E-state index in [0.717, 1.165) is 18.4 Å². The minimum Gasteiger partial charge on any atom is -0.508 e.